The van der Waals surface area contributed by atoms with Crippen LogP contribution in [0.4, 0.5) is 0 Å². The summed E-state index contributed by atoms with van der Waals surface area (Å²) in [5.74, 6) is -1.77. The predicted octanol–water partition coefficient (Wildman–Crippen LogP) is 1.81. The average Bonchev–Trinajstić information content (AvgIpc) is 2.59. The van der Waals surface area contributed by atoms with Gasteiger partial charge in [-0.15, -0.1) is 0 Å². The minimum absolute atomic E-state index is 0.00610. The number of aromatic hydroxyl groups is 3. The number of hydrogen-bond donors (Lipinski definition) is 3. The third-order valence-electron chi connectivity index (χ3n) is 3.77. The van der Waals surface area contributed by atoms with E-state index >= 15 is 0 Å². The first-order chi connectivity index (χ1) is 11.4. The normalized spacial score (nSPS) is 10.9. The second-order valence-corrected chi connectivity index (χ2v) is 5.10. The molecule has 0 fully saturated rings. The van der Waals surface area contributed by atoms with Crippen molar-refractivity contribution in [3.63, 3.8) is 0 Å². The average molecular weight is 328 g/mol. The summed E-state index contributed by atoms with van der Waals surface area (Å²) < 4.78 is 4.67. The molecule has 0 aliphatic rings. The Balaban J connectivity index is 2.57. The first-order valence-corrected chi connectivity index (χ1v) is 6.82. The number of aldehydes is 1. The number of carbonyl (C=O) groups excluding carboxylic acids is 2. The molecule has 0 bridgehead atoms. The standard InChI is InChI=1S/C16H12N2O6/c1-6-14(21)8(5-19)11-13(15(6)22)18-10-7(16(23)24-2)3-4-9(20)12(10)17-11/h3-5,20-22H,1-2H3. The number of carbonyl (C=O) groups is 2. The van der Waals surface area contributed by atoms with Crippen LogP contribution >= 0.6 is 0 Å². The molecule has 0 aliphatic carbocycles. The van der Waals surface area contributed by atoms with Crippen LogP contribution in [0.3, 0.4) is 0 Å². The van der Waals surface area contributed by atoms with E-state index in [9.17, 15) is 24.9 Å². The fraction of sp³-hybridized carbons (Fsp3) is 0.125. The number of fused-ring (bicyclic) bond motifs is 2. The fourth-order valence-corrected chi connectivity index (χ4v) is 2.47. The maximum absolute atomic E-state index is 11.9. The van der Waals surface area contributed by atoms with Crippen molar-refractivity contribution in [3.05, 3.63) is 28.8 Å². The summed E-state index contributed by atoms with van der Waals surface area (Å²) >= 11 is 0. The zero-order valence-corrected chi connectivity index (χ0v) is 12.7. The summed E-state index contributed by atoms with van der Waals surface area (Å²) in [6.45, 7) is 1.41. The Morgan fingerprint density at radius 2 is 1.71 bits per heavy atom. The van der Waals surface area contributed by atoms with Gasteiger partial charge in [-0.25, -0.2) is 14.8 Å². The van der Waals surface area contributed by atoms with E-state index in [0.29, 0.717) is 6.29 Å². The number of benzene rings is 2. The Labute approximate surface area is 135 Å². The van der Waals surface area contributed by atoms with Crippen molar-refractivity contribution >= 4 is 34.3 Å². The summed E-state index contributed by atoms with van der Waals surface area (Å²) in [4.78, 5) is 31.5. The van der Waals surface area contributed by atoms with Crippen molar-refractivity contribution in [1.82, 2.24) is 9.97 Å². The fourth-order valence-electron chi connectivity index (χ4n) is 2.47. The van der Waals surface area contributed by atoms with Crippen LogP contribution in [0.25, 0.3) is 22.1 Å². The molecule has 0 amide bonds. The molecule has 24 heavy (non-hydrogen) atoms. The Kier molecular flexibility index (Phi) is 3.44. The van der Waals surface area contributed by atoms with E-state index in [1.807, 2.05) is 0 Å². The Morgan fingerprint density at radius 1 is 1.04 bits per heavy atom. The molecule has 122 valence electrons. The molecule has 0 radical (unpaired) electrons. The first-order valence-electron chi connectivity index (χ1n) is 6.82. The van der Waals surface area contributed by atoms with E-state index in [-0.39, 0.29) is 50.3 Å². The number of methoxy groups -OCH3 is 1. The van der Waals surface area contributed by atoms with Crippen LogP contribution in [0, 0.1) is 6.92 Å². The van der Waals surface area contributed by atoms with Gasteiger partial charge in [-0.2, -0.15) is 0 Å². The lowest BCUT2D eigenvalue weighted by molar-refractivity contribution is 0.0602. The lowest BCUT2D eigenvalue weighted by atomic mass is 10.1. The van der Waals surface area contributed by atoms with Gasteiger partial charge in [0.2, 0.25) is 0 Å². The summed E-state index contributed by atoms with van der Waals surface area (Å²) in [5, 5.41) is 30.2. The quantitative estimate of drug-likeness (QED) is 0.369. The van der Waals surface area contributed by atoms with Crippen LogP contribution in [0.2, 0.25) is 0 Å². The molecular formula is C16H12N2O6. The minimum Gasteiger partial charge on any atom is -0.507 e. The molecule has 8 nitrogen and oxygen atoms in total. The molecule has 0 atom stereocenters. The van der Waals surface area contributed by atoms with Crippen LogP contribution in [0.15, 0.2) is 12.1 Å². The van der Waals surface area contributed by atoms with Crippen LogP contribution in [-0.2, 0) is 4.74 Å². The van der Waals surface area contributed by atoms with E-state index in [1.165, 1.54) is 26.2 Å². The molecular weight excluding hydrogens is 316 g/mol. The molecule has 0 aliphatic heterocycles. The van der Waals surface area contributed by atoms with Gasteiger partial charge in [-0.05, 0) is 19.1 Å². The SMILES string of the molecule is COC(=O)c1ccc(O)c2nc3c(C=O)c(O)c(C)c(O)c3nc12. The van der Waals surface area contributed by atoms with E-state index in [1.54, 1.807) is 0 Å². The van der Waals surface area contributed by atoms with Gasteiger partial charge >= 0.3 is 5.97 Å². The highest BCUT2D eigenvalue weighted by atomic mass is 16.5. The van der Waals surface area contributed by atoms with Gasteiger partial charge in [0.15, 0.2) is 6.29 Å². The molecule has 0 saturated carbocycles. The number of aromatic nitrogens is 2. The van der Waals surface area contributed by atoms with Gasteiger partial charge in [-0.1, -0.05) is 0 Å². The smallest absolute Gasteiger partial charge is 0.340 e. The van der Waals surface area contributed by atoms with Crippen LogP contribution in [-0.4, -0.2) is 44.7 Å². The summed E-state index contributed by atoms with van der Waals surface area (Å²) in [7, 11) is 1.19. The number of phenolic OH excluding ortho intramolecular Hbond substituents is 3. The van der Waals surface area contributed by atoms with Crippen molar-refractivity contribution in [2.24, 2.45) is 0 Å². The van der Waals surface area contributed by atoms with Crippen molar-refractivity contribution < 1.29 is 29.6 Å². The number of hydrogen-bond acceptors (Lipinski definition) is 8. The molecule has 3 aromatic rings. The number of esters is 1. The number of ether oxygens (including phenoxy) is 1. The van der Waals surface area contributed by atoms with Gasteiger partial charge < -0.3 is 20.1 Å². The molecule has 2 aromatic carbocycles. The molecule has 3 N–H and O–H groups in total. The van der Waals surface area contributed by atoms with E-state index in [0.717, 1.165) is 0 Å². The predicted molar refractivity (Wildman–Crippen MR) is 83.5 cm³/mol. The molecule has 3 rings (SSSR count). The Morgan fingerprint density at radius 3 is 2.33 bits per heavy atom. The summed E-state index contributed by atoms with van der Waals surface area (Å²) in [5.41, 5.74) is -0.290. The molecule has 1 aromatic heterocycles. The van der Waals surface area contributed by atoms with Crippen molar-refractivity contribution in [2.75, 3.05) is 7.11 Å². The largest absolute Gasteiger partial charge is 0.507 e. The molecule has 0 spiro atoms. The lowest BCUT2D eigenvalue weighted by Crippen LogP contribution is -2.05. The number of phenols is 3. The van der Waals surface area contributed by atoms with Crippen LogP contribution < -0.4 is 0 Å². The van der Waals surface area contributed by atoms with Crippen molar-refractivity contribution in [1.29, 1.82) is 0 Å². The maximum atomic E-state index is 11.9. The molecule has 8 heteroatoms. The van der Waals surface area contributed by atoms with Crippen molar-refractivity contribution in [2.45, 2.75) is 6.92 Å². The zero-order valence-electron chi connectivity index (χ0n) is 12.7. The lowest BCUT2D eigenvalue weighted by Gasteiger charge is -2.12. The highest BCUT2D eigenvalue weighted by molar-refractivity contribution is 6.08. The molecule has 1 heterocycles. The minimum atomic E-state index is -0.695. The highest BCUT2D eigenvalue weighted by Gasteiger charge is 2.22. The van der Waals surface area contributed by atoms with Crippen LogP contribution in [0.5, 0.6) is 17.2 Å². The maximum Gasteiger partial charge on any atom is 0.340 e. The number of nitrogens with zero attached hydrogens (tertiary/aromatic N) is 2. The molecule has 0 saturated heterocycles. The molecule has 0 unspecified atom stereocenters. The van der Waals surface area contributed by atoms with E-state index < -0.39 is 11.7 Å². The van der Waals surface area contributed by atoms with Gasteiger partial charge in [0.25, 0.3) is 0 Å². The third-order valence-corrected chi connectivity index (χ3v) is 3.77. The van der Waals surface area contributed by atoms with Gasteiger partial charge in [0, 0.05) is 5.56 Å². The summed E-state index contributed by atoms with van der Waals surface area (Å²) in [6.07, 6.45) is 0.381. The van der Waals surface area contributed by atoms with E-state index in [4.69, 9.17) is 0 Å². The van der Waals surface area contributed by atoms with Crippen LogP contribution in [0.1, 0.15) is 26.3 Å². The van der Waals surface area contributed by atoms with E-state index in [2.05, 4.69) is 14.7 Å². The Bertz CT molecular complexity index is 1030. The summed E-state index contributed by atoms with van der Waals surface area (Å²) in [6, 6.07) is 2.55. The second kappa shape index (κ2) is 5.34. The highest BCUT2D eigenvalue weighted by Crippen LogP contribution is 2.38. The van der Waals surface area contributed by atoms with Gasteiger partial charge in [0.1, 0.15) is 39.3 Å². The van der Waals surface area contributed by atoms with Gasteiger partial charge in [-0.3, -0.25) is 4.79 Å². The Hall–Kier alpha value is -3.42. The first kappa shape index (κ1) is 15.5. The van der Waals surface area contributed by atoms with Gasteiger partial charge in [0.05, 0.1) is 18.2 Å². The monoisotopic (exact) mass is 328 g/mol. The second-order valence-electron chi connectivity index (χ2n) is 5.10. The number of rotatable bonds is 2. The topological polar surface area (TPSA) is 130 Å². The van der Waals surface area contributed by atoms with Crippen molar-refractivity contribution in [3.8, 4) is 17.2 Å². The third kappa shape index (κ3) is 2.00. The zero-order chi connectivity index (χ0) is 17.6.